The summed E-state index contributed by atoms with van der Waals surface area (Å²) < 4.78 is 5.41. The van der Waals surface area contributed by atoms with Crippen molar-refractivity contribution in [1.82, 2.24) is 4.90 Å². The fourth-order valence-electron chi connectivity index (χ4n) is 1.45. The van der Waals surface area contributed by atoms with E-state index in [4.69, 9.17) is 4.74 Å². The molecular weight excluding hydrogens is 178 g/mol. The molecule has 0 unspecified atom stereocenters. The van der Waals surface area contributed by atoms with Crippen LogP contribution in [0.5, 0.6) is 0 Å². The lowest BCUT2D eigenvalue weighted by Gasteiger charge is -2.31. The Balaban J connectivity index is 2.40. The van der Waals surface area contributed by atoms with Gasteiger partial charge in [-0.3, -0.25) is 0 Å². The molecule has 0 aromatic heterocycles. The molecule has 82 valence electrons. The quantitative estimate of drug-likeness (QED) is 0.684. The molecule has 1 rings (SSSR count). The summed E-state index contributed by atoms with van der Waals surface area (Å²) in [6, 6.07) is 0. The Hall–Kier alpha value is -0.730. The molecule has 1 fully saturated rings. The van der Waals surface area contributed by atoms with Crippen LogP contribution in [0.4, 0.5) is 4.79 Å². The fraction of sp³-hybridized carbons (Fsp3) is 0.909. The molecule has 3 heteroatoms. The smallest absolute Gasteiger partial charge is 0.410 e. The molecule has 1 heterocycles. The number of piperidine rings is 1. The molecule has 0 radical (unpaired) electrons. The number of hydrogen-bond acceptors (Lipinski definition) is 2. The normalized spacial score (nSPS) is 18.1. The van der Waals surface area contributed by atoms with Crippen LogP contribution in [0, 0.1) is 0 Å². The number of carbonyl (C=O) groups is 1. The number of likely N-dealkylation sites (tertiary alicyclic amines) is 1. The van der Waals surface area contributed by atoms with Crippen LogP contribution in [-0.2, 0) is 4.74 Å². The third-order valence-electron chi connectivity index (χ3n) is 2.83. The Kier molecular flexibility index (Phi) is 3.78. The zero-order chi connectivity index (χ0) is 10.6. The predicted molar refractivity (Wildman–Crippen MR) is 56.3 cm³/mol. The summed E-state index contributed by atoms with van der Waals surface area (Å²) in [5, 5.41) is 0. The van der Waals surface area contributed by atoms with Crippen molar-refractivity contribution in [2.24, 2.45) is 0 Å². The first-order valence-electron chi connectivity index (χ1n) is 5.53. The molecule has 1 saturated heterocycles. The Bertz CT molecular complexity index is 195. The largest absolute Gasteiger partial charge is 0.443 e. The first kappa shape index (κ1) is 11.3. The molecule has 0 atom stereocenters. The van der Waals surface area contributed by atoms with Crippen molar-refractivity contribution in [2.45, 2.75) is 52.1 Å². The van der Waals surface area contributed by atoms with Gasteiger partial charge in [0.05, 0.1) is 0 Å². The Morgan fingerprint density at radius 3 is 2.36 bits per heavy atom. The van der Waals surface area contributed by atoms with E-state index < -0.39 is 0 Å². The van der Waals surface area contributed by atoms with Gasteiger partial charge in [-0.15, -0.1) is 0 Å². The molecule has 0 spiro atoms. The van der Waals surface area contributed by atoms with Gasteiger partial charge in [0.15, 0.2) is 0 Å². The van der Waals surface area contributed by atoms with Crippen LogP contribution in [0.1, 0.15) is 46.5 Å². The number of rotatable bonds is 2. The lowest BCUT2D eigenvalue weighted by atomic mass is 10.1. The summed E-state index contributed by atoms with van der Waals surface area (Å²) in [7, 11) is 0. The van der Waals surface area contributed by atoms with E-state index in [1.165, 1.54) is 6.42 Å². The van der Waals surface area contributed by atoms with Crippen molar-refractivity contribution in [3.8, 4) is 0 Å². The van der Waals surface area contributed by atoms with E-state index in [-0.39, 0.29) is 11.7 Å². The van der Waals surface area contributed by atoms with E-state index in [0.29, 0.717) is 0 Å². The molecule has 1 amide bonds. The number of carbonyl (C=O) groups excluding carboxylic acids is 1. The van der Waals surface area contributed by atoms with Crippen LogP contribution in [0.15, 0.2) is 0 Å². The molecule has 1 aliphatic rings. The Labute approximate surface area is 86.4 Å². The van der Waals surface area contributed by atoms with Gasteiger partial charge in [0.2, 0.25) is 0 Å². The van der Waals surface area contributed by atoms with E-state index in [1.54, 1.807) is 0 Å². The van der Waals surface area contributed by atoms with Crippen LogP contribution < -0.4 is 0 Å². The molecule has 3 nitrogen and oxygen atoms in total. The van der Waals surface area contributed by atoms with E-state index in [0.717, 1.165) is 32.4 Å². The molecule has 0 aromatic carbocycles. The summed E-state index contributed by atoms with van der Waals surface area (Å²) >= 11 is 0. The van der Waals surface area contributed by atoms with Gasteiger partial charge in [-0.25, -0.2) is 4.79 Å². The highest BCUT2D eigenvalue weighted by Gasteiger charge is 2.25. The maximum absolute atomic E-state index is 11.7. The molecular formula is C11H21NO2. The molecule has 0 N–H and O–H groups in total. The highest BCUT2D eigenvalue weighted by molar-refractivity contribution is 5.68. The van der Waals surface area contributed by atoms with E-state index in [9.17, 15) is 4.79 Å². The van der Waals surface area contributed by atoms with Crippen molar-refractivity contribution in [3.63, 3.8) is 0 Å². The third-order valence-corrected chi connectivity index (χ3v) is 2.83. The van der Waals surface area contributed by atoms with Crippen molar-refractivity contribution in [1.29, 1.82) is 0 Å². The second-order valence-electron chi connectivity index (χ2n) is 4.53. The summed E-state index contributed by atoms with van der Waals surface area (Å²) in [4.78, 5) is 13.5. The number of hydrogen-bond donors (Lipinski definition) is 0. The maximum atomic E-state index is 11.7. The zero-order valence-corrected chi connectivity index (χ0v) is 9.51. The topological polar surface area (TPSA) is 29.5 Å². The average Bonchev–Trinajstić information content (AvgIpc) is 2.19. The van der Waals surface area contributed by atoms with Crippen LogP contribution in [0.2, 0.25) is 0 Å². The second-order valence-corrected chi connectivity index (χ2v) is 4.53. The number of nitrogens with zero attached hydrogens (tertiary/aromatic N) is 1. The highest BCUT2D eigenvalue weighted by atomic mass is 16.6. The summed E-state index contributed by atoms with van der Waals surface area (Å²) in [6.45, 7) is 7.66. The van der Waals surface area contributed by atoms with Gasteiger partial charge in [0.1, 0.15) is 5.60 Å². The number of ether oxygens (including phenoxy) is 1. The van der Waals surface area contributed by atoms with Gasteiger partial charge >= 0.3 is 6.09 Å². The van der Waals surface area contributed by atoms with E-state index in [2.05, 4.69) is 0 Å². The van der Waals surface area contributed by atoms with Crippen LogP contribution in [0.3, 0.4) is 0 Å². The van der Waals surface area contributed by atoms with Crippen molar-refractivity contribution >= 4 is 6.09 Å². The molecule has 14 heavy (non-hydrogen) atoms. The predicted octanol–water partition coefficient (Wildman–Crippen LogP) is 2.80. The van der Waals surface area contributed by atoms with Crippen LogP contribution >= 0.6 is 0 Å². The summed E-state index contributed by atoms with van der Waals surface area (Å²) in [5.74, 6) is 0. The van der Waals surface area contributed by atoms with E-state index >= 15 is 0 Å². The van der Waals surface area contributed by atoms with E-state index in [1.807, 2.05) is 25.7 Å². The molecule has 0 bridgehead atoms. The minimum absolute atomic E-state index is 0.142. The first-order valence-corrected chi connectivity index (χ1v) is 5.53. The van der Waals surface area contributed by atoms with Gasteiger partial charge in [-0.2, -0.15) is 0 Å². The van der Waals surface area contributed by atoms with Crippen molar-refractivity contribution in [3.05, 3.63) is 0 Å². The lowest BCUT2D eigenvalue weighted by molar-refractivity contribution is 0.00844. The average molecular weight is 199 g/mol. The minimum atomic E-state index is -0.325. The van der Waals surface area contributed by atoms with Crippen molar-refractivity contribution in [2.75, 3.05) is 13.1 Å². The van der Waals surface area contributed by atoms with Gasteiger partial charge < -0.3 is 9.64 Å². The summed E-state index contributed by atoms with van der Waals surface area (Å²) in [5.41, 5.74) is -0.325. The van der Waals surface area contributed by atoms with Crippen molar-refractivity contribution < 1.29 is 9.53 Å². The monoisotopic (exact) mass is 199 g/mol. The first-order chi connectivity index (χ1) is 6.55. The lowest BCUT2D eigenvalue weighted by Crippen LogP contribution is -2.40. The highest BCUT2D eigenvalue weighted by Crippen LogP contribution is 2.17. The van der Waals surface area contributed by atoms with Gasteiger partial charge in [0.25, 0.3) is 0 Å². The SMILES string of the molecule is CCC(C)(C)OC(=O)N1CCCCC1. The number of amides is 1. The summed E-state index contributed by atoms with van der Waals surface area (Å²) in [6.07, 6.45) is 4.17. The van der Waals surface area contributed by atoms with Gasteiger partial charge in [-0.1, -0.05) is 6.92 Å². The molecule has 0 aliphatic carbocycles. The minimum Gasteiger partial charge on any atom is -0.443 e. The van der Waals surface area contributed by atoms with Gasteiger partial charge in [0, 0.05) is 13.1 Å². The molecule has 0 aromatic rings. The third kappa shape index (κ3) is 3.20. The van der Waals surface area contributed by atoms with Crippen LogP contribution in [0.25, 0.3) is 0 Å². The Morgan fingerprint density at radius 1 is 1.29 bits per heavy atom. The fourth-order valence-corrected chi connectivity index (χ4v) is 1.45. The zero-order valence-electron chi connectivity index (χ0n) is 9.51. The molecule has 0 saturated carbocycles. The van der Waals surface area contributed by atoms with Gasteiger partial charge in [-0.05, 0) is 39.5 Å². The van der Waals surface area contributed by atoms with Crippen LogP contribution in [-0.4, -0.2) is 29.7 Å². The second kappa shape index (κ2) is 4.67. The molecule has 1 aliphatic heterocycles. The standard InChI is InChI=1S/C11H21NO2/c1-4-11(2,3)14-10(13)12-8-6-5-7-9-12/h4-9H2,1-3H3. The maximum Gasteiger partial charge on any atom is 0.410 e. The Morgan fingerprint density at radius 2 is 1.86 bits per heavy atom.